The third-order valence-corrected chi connectivity index (χ3v) is 4.81. The number of hydrogen-bond acceptors (Lipinski definition) is 4. The van der Waals surface area contributed by atoms with Crippen molar-refractivity contribution in [2.45, 2.75) is 12.6 Å². The lowest BCUT2D eigenvalue weighted by Crippen LogP contribution is -2.49. The second-order valence-corrected chi connectivity index (χ2v) is 6.73. The van der Waals surface area contributed by atoms with E-state index >= 15 is 0 Å². The Labute approximate surface area is 171 Å². The highest BCUT2D eigenvalue weighted by Gasteiger charge is 2.35. The van der Waals surface area contributed by atoms with Gasteiger partial charge in [0.05, 0.1) is 29.8 Å². The molecule has 1 aliphatic heterocycles. The summed E-state index contributed by atoms with van der Waals surface area (Å²) >= 11 is 0. The molecule has 30 heavy (non-hydrogen) atoms. The number of rotatable bonds is 5. The van der Waals surface area contributed by atoms with Gasteiger partial charge in [0.25, 0.3) is 0 Å². The van der Waals surface area contributed by atoms with Gasteiger partial charge in [0, 0.05) is 32.2 Å². The highest BCUT2D eigenvalue weighted by molar-refractivity contribution is 5.76. The number of carbonyl (C=O) groups excluding carboxylic acids is 1. The number of halogens is 4. The predicted molar refractivity (Wildman–Crippen MR) is 101 cm³/mol. The van der Waals surface area contributed by atoms with Crippen molar-refractivity contribution >= 4 is 11.6 Å². The standard InChI is InChI=1S/C21H19F4N3O2/c22-15-3-1-4-16(13-15)30-12-7-20(29)28-10-8-27(9-11-28)19-6-2-5-18(17(19)14-26)21(23,24)25/h1-6,13H,7-12H2. The number of alkyl halides is 3. The molecule has 1 fully saturated rings. The summed E-state index contributed by atoms with van der Waals surface area (Å²) in [5.74, 6) is -0.252. The molecule has 0 unspecified atom stereocenters. The fourth-order valence-corrected chi connectivity index (χ4v) is 3.33. The normalized spacial score (nSPS) is 14.4. The Bertz CT molecular complexity index is 948. The zero-order valence-corrected chi connectivity index (χ0v) is 16.0. The molecule has 0 atom stereocenters. The second-order valence-electron chi connectivity index (χ2n) is 6.73. The highest BCUT2D eigenvalue weighted by atomic mass is 19.4. The molecule has 0 N–H and O–H groups in total. The largest absolute Gasteiger partial charge is 0.493 e. The zero-order chi connectivity index (χ0) is 21.7. The number of carbonyl (C=O) groups is 1. The van der Waals surface area contributed by atoms with E-state index in [4.69, 9.17) is 4.74 Å². The van der Waals surface area contributed by atoms with Crippen LogP contribution in [0.3, 0.4) is 0 Å². The second kappa shape index (κ2) is 9.03. The molecule has 0 spiro atoms. The summed E-state index contributed by atoms with van der Waals surface area (Å²) in [6.07, 6.45) is -4.51. The van der Waals surface area contributed by atoms with E-state index in [0.29, 0.717) is 31.9 Å². The molecule has 0 aliphatic carbocycles. The number of benzene rings is 2. The summed E-state index contributed by atoms with van der Waals surface area (Å²) in [5.41, 5.74) is -1.15. The van der Waals surface area contributed by atoms with Crippen molar-refractivity contribution in [1.82, 2.24) is 4.90 Å². The van der Waals surface area contributed by atoms with Gasteiger partial charge >= 0.3 is 6.18 Å². The van der Waals surface area contributed by atoms with Gasteiger partial charge in [-0.1, -0.05) is 12.1 Å². The maximum Gasteiger partial charge on any atom is 0.417 e. The summed E-state index contributed by atoms with van der Waals surface area (Å²) in [6.45, 7) is 1.35. The summed E-state index contributed by atoms with van der Waals surface area (Å²) < 4.78 is 58.0. The van der Waals surface area contributed by atoms with E-state index in [1.807, 2.05) is 0 Å². The van der Waals surface area contributed by atoms with E-state index in [2.05, 4.69) is 0 Å². The number of hydrogen-bond donors (Lipinski definition) is 0. The molecule has 1 saturated heterocycles. The predicted octanol–water partition coefficient (Wildman–Crippen LogP) is 3.83. The van der Waals surface area contributed by atoms with Crippen molar-refractivity contribution in [2.75, 3.05) is 37.7 Å². The highest BCUT2D eigenvalue weighted by Crippen LogP contribution is 2.36. The number of piperazine rings is 1. The first kappa shape index (κ1) is 21.4. The third-order valence-electron chi connectivity index (χ3n) is 4.81. The maximum atomic E-state index is 13.2. The fraction of sp³-hybridized carbons (Fsp3) is 0.333. The molecular formula is C21H19F4N3O2. The van der Waals surface area contributed by atoms with Crippen molar-refractivity contribution in [1.29, 1.82) is 5.26 Å². The van der Waals surface area contributed by atoms with Gasteiger partial charge in [0.2, 0.25) is 5.91 Å². The van der Waals surface area contributed by atoms with Gasteiger partial charge in [-0.05, 0) is 24.3 Å². The average Bonchev–Trinajstić information content (AvgIpc) is 2.72. The van der Waals surface area contributed by atoms with Gasteiger partial charge in [-0.3, -0.25) is 4.79 Å². The quantitative estimate of drug-likeness (QED) is 0.689. The van der Waals surface area contributed by atoms with E-state index in [1.54, 1.807) is 21.9 Å². The fourth-order valence-electron chi connectivity index (χ4n) is 3.33. The summed E-state index contributed by atoms with van der Waals surface area (Å²) in [4.78, 5) is 15.6. The van der Waals surface area contributed by atoms with E-state index in [1.165, 1.54) is 30.3 Å². The van der Waals surface area contributed by atoms with Crippen LogP contribution in [0.25, 0.3) is 0 Å². The minimum Gasteiger partial charge on any atom is -0.493 e. The molecular weight excluding hydrogens is 402 g/mol. The van der Waals surface area contributed by atoms with Crippen LogP contribution in [-0.4, -0.2) is 43.6 Å². The van der Waals surface area contributed by atoms with Crippen molar-refractivity contribution < 1.29 is 27.1 Å². The van der Waals surface area contributed by atoms with Gasteiger partial charge < -0.3 is 14.5 Å². The molecule has 0 bridgehead atoms. The zero-order valence-electron chi connectivity index (χ0n) is 16.0. The number of amides is 1. The molecule has 3 rings (SSSR count). The minimum atomic E-state index is -4.61. The average molecular weight is 421 g/mol. The van der Waals surface area contributed by atoms with Crippen LogP contribution in [0.5, 0.6) is 5.75 Å². The van der Waals surface area contributed by atoms with Gasteiger partial charge in [0.15, 0.2) is 0 Å². The van der Waals surface area contributed by atoms with Crippen LogP contribution < -0.4 is 9.64 Å². The first-order valence-corrected chi connectivity index (χ1v) is 9.31. The van der Waals surface area contributed by atoms with Crippen LogP contribution in [0.4, 0.5) is 23.2 Å². The minimum absolute atomic E-state index is 0.0920. The molecule has 1 amide bonds. The first-order valence-electron chi connectivity index (χ1n) is 9.31. The third kappa shape index (κ3) is 5.00. The van der Waals surface area contributed by atoms with Crippen LogP contribution in [0.15, 0.2) is 42.5 Å². The Morgan fingerprint density at radius 2 is 1.80 bits per heavy atom. The molecule has 0 aromatic heterocycles. The van der Waals surface area contributed by atoms with Gasteiger partial charge in [-0.15, -0.1) is 0 Å². The summed E-state index contributed by atoms with van der Waals surface area (Å²) in [5, 5.41) is 9.26. The van der Waals surface area contributed by atoms with Crippen LogP contribution in [-0.2, 0) is 11.0 Å². The van der Waals surface area contributed by atoms with Crippen LogP contribution in [0.1, 0.15) is 17.5 Å². The topological polar surface area (TPSA) is 56.6 Å². The number of nitrogens with zero attached hydrogens (tertiary/aromatic N) is 3. The number of ether oxygens (including phenoxy) is 1. The monoisotopic (exact) mass is 421 g/mol. The Balaban J connectivity index is 1.56. The molecule has 0 saturated carbocycles. The summed E-state index contributed by atoms with van der Waals surface area (Å²) in [7, 11) is 0. The van der Waals surface area contributed by atoms with Crippen molar-refractivity contribution in [2.24, 2.45) is 0 Å². The van der Waals surface area contributed by atoms with E-state index in [9.17, 15) is 27.6 Å². The first-order chi connectivity index (χ1) is 14.3. The number of anilines is 1. The number of nitriles is 1. The lowest BCUT2D eigenvalue weighted by Gasteiger charge is -2.36. The molecule has 0 radical (unpaired) electrons. The SMILES string of the molecule is N#Cc1c(N2CCN(C(=O)CCOc3cccc(F)c3)CC2)cccc1C(F)(F)F. The van der Waals surface area contributed by atoms with Crippen LogP contribution in [0, 0.1) is 17.1 Å². The molecule has 1 heterocycles. The van der Waals surface area contributed by atoms with Crippen molar-refractivity contribution in [3.63, 3.8) is 0 Å². The molecule has 2 aromatic carbocycles. The Morgan fingerprint density at radius 3 is 2.43 bits per heavy atom. The summed E-state index contributed by atoms with van der Waals surface area (Å²) in [6, 6.07) is 10.9. The molecule has 9 heteroatoms. The van der Waals surface area contributed by atoms with E-state index < -0.39 is 23.1 Å². The maximum absolute atomic E-state index is 13.2. The van der Waals surface area contributed by atoms with Gasteiger partial charge in [0.1, 0.15) is 17.6 Å². The van der Waals surface area contributed by atoms with Crippen LogP contribution in [0.2, 0.25) is 0 Å². The Morgan fingerprint density at radius 1 is 1.10 bits per heavy atom. The molecule has 1 aliphatic rings. The molecule has 5 nitrogen and oxygen atoms in total. The smallest absolute Gasteiger partial charge is 0.417 e. The van der Waals surface area contributed by atoms with Gasteiger partial charge in [-0.2, -0.15) is 18.4 Å². The van der Waals surface area contributed by atoms with Gasteiger partial charge in [-0.25, -0.2) is 4.39 Å². The van der Waals surface area contributed by atoms with E-state index in [0.717, 1.165) is 6.07 Å². The van der Waals surface area contributed by atoms with Crippen molar-refractivity contribution in [3.05, 3.63) is 59.4 Å². The van der Waals surface area contributed by atoms with E-state index in [-0.39, 0.29) is 24.6 Å². The molecule has 2 aromatic rings. The lowest BCUT2D eigenvalue weighted by molar-refractivity contribution is -0.137. The Kier molecular flexibility index (Phi) is 6.45. The Hall–Kier alpha value is -3.28. The van der Waals surface area contributed by atoms with Crippen LogP contribution >= 0.6 is 0 Å². The van der Waals surface area contributed by atoms with Crippen molar-refractivity contribution in [3.8, 4) is 11.8 Å². The molecule has 158 valence electrons. The lowest BCUT2D eigenvalue weighted by atomic mass is 10.0.